The fourth-order valence-corrected chi connectivity index (χ4v) is 3.51. The molecule has 0 radical (unpaired) electrons. The first-order chi connectivity index (χ1) is 11.2. The average Bonchev–Trinajstić information content (AvgIpc) is 2.99. The van der Waals surface area contributed by atoms with Crippen molar-refractivity contribution in [2.24, 2.45) is 0 Å². The quantitative estimate of drug-likeness (QED) is 0.801. The van der Waals surface area contributed by atoms with Gasteiger partial charge in [-0.05, 0) is 43.5 Å². The van der Waals surface area contributed by atoms with Crippen molar-refractivity contribution in [2.45, 2.75) is 56.5 Å². The number of ether oxygens (including phenoxy) is 3. The molecule has 1 aromatic carbocycles. The largest absolute Gasteiger partial charge is 0.497 e. The Morgan fingerprint density at radius 1 is 1.30 bits per heavy atom. The van der Waals surface area contributed by atoms with Gasteiger partial charge in [0.2, 0.25) is 0 Å². The van der Waals surface area contributed by atoms with Crippen molar-refractivity contribution in [3.63, 3.8) is 0 Å². The molecule has 3 rings (SSSR count). The molecule has 1 aliphatic carbocycles. The molecule has 4 nitrogen and oxygen atoms in total. The van der Waals surface area contributed by atoms with E-state index in [0.29, 0.717) is 6.61 Å². The van der Waals surface area contributed by atoms with Crippen LogP contribution in [-0.2, 0) is 9.47 Å². The Hall–Kier alpha value is -1.52. The van der Waals surface area contributed by atoms with Crippen LogP contribution in [0.1, 0.15) is 38.5 Å². The monoisotopic (exact) mass is 317 g/mol. The lowest BCUT2D eigenvalue weighted by Crippen LogP contribution is -2.38. The van der Waals surface area contributed by atoms with Gasteiger partial charge in [0.15, 0.2) is 5.79 Å². The highest BCUT2D eigenvalue weighted by Crippen LogP contribution is 2.39. The van der Waals surface area contributed by atoms with Crippen LogP contribution in [0.2, 0.25) is 0 Å². The molecule has 1 N–H and O–H groups in total. The van der Waals surface area contributed by atoms with Crippen molar-refractivity contribution in [3.05, 3.63) is 36.9 Å². The van der Waals surface area contributed by atoms with E-state index in [9.17, 15) is 0 Å². The number of hydrogen-bond acceptors (Lipinski definition) is 4. The van der Waals surface area contributed by atoms with Crippen LogP contribution in [0.25, 0.3) is 0 Å². The average molecular weight is 317 g/mol. The SMILES string of the molecule is C=CCC(Nc1ccc(OC)cc1)[C@H]1COC2(CCCCC2)O1. The van der Waals surface area contributed by atoms with E-state index in [4.69, 9.17) is 14.2 Å². The first kappa shape index (κ1) is 16.3. The first-order valence-electron chi connectivity index (χ1n) is 8.58. The molecule has 23 heavy (non-hydrogen) atoms. The molecule has 0 aromatic heterocycles. The minimum atomic E-state index is -0.329. The Labute approximate surface area is 138 Å². The van der Waals surface area contributed by atoms with Gasteiger partial charge in [0, 0.05) is 18.5 Å². The molecule has 0 bridgehead atoms. The summed E-state index contributed by atoms with van der Waals surface area (Å²) in [5.74, 6) is 0.529. The molecule has 126 valence electrons. The fourth-order valence-electron chi connectivity index (χ4n) is 3.51. The van der Waals surface area contributed by atoms with Crippen molar-refractivity contribution in [1.29, 1.82) is 0 Å². The molecule has 2 fully saturated rings. The van der Waals surface area contributed by atoms with Crippen LogP contribution < -0.4 is 10.1 Å². The predicted octanol–water partition coefficient (Wildman–Crippen LogP) is 4.13. The van der Waals surface area contributed by atoms with Gasteiger partial charge in [-0.1, -0.05) is 12.5 Å². The second-order valence-electron chi connectivity index (χ2n) is 6.44. The van der Waals surface area contributed by atoms with E-state index in [1.54, 1.807) is 7.11 Å². The predicted molar refractivity (Wildman–Crippen MR) is 91.9 cm³/mol. The minimum Gasteiger partial charge on any atom is -0.497 e. The molecule has 1 unspecified atom stereocenters. The Morgan fingerprint density at radius 3 is 2.70 bits per heavy atom. The second kappa shape index (κ2) is 7.37. The highest BCUT2D eigenvalue weighted by Gasteiger charge is 2.44. The highest BCUT2D eigenvalue weighted by molar-refractivity contribution is 5.47. The zero-order valence-electron chi connectivity index (χ0n) is 13.9. The summed E-state index contributed by atoms with van der Waals surface area (Å²) in [6.45, 7) is 4.54. The van der Waals surface area contributed by atoms with E-state index in [2.05, 4.69) is 11.9 Å². The van der Waals surface area contributed by atoms with Crippen LogP contribution >= 0.6 is 0 Å². The summed E-state index contributed by atoms with van der Waals surface area (Å²) >= 11 is 0. The number of hydrogen-bond donors (Lipinski definition) is 1. The third kappa shape index (κ3) is 3.88. The van der Waals surface area contributed by atoms with Gasteiger partial charge in [-0.25, -0.2) is 0 Å². The Kier molecular flexibility index (Phi) is 5.23. The summed E-state index contributed by atoms with van der Waals surface area (Å²) in [6.07, 6.45) is 8.58. The lowest BCUT2D eigenvalue weighted by molar-refractivity contribution is -0.188. The van der Waals surface area contributed by atoms with Crippen LogP contribution in [0.15, 0.2) is 36.9 Å². The fraction of sp³-hybridized carbons (Fsp3) is 0.579. The molecule has 2 atom stereocenters. The van der Waals surface area contributed by atoms with Gasteiger partial charge in [-0.15, -0.1) is 6.58 Å². The molecule has 1 spiro atoms. The molecule has 4 heteroatoms. The topological polar surface area (TPSA) is 39.7 Å². The van der Waals surface area contributed by atoms with Crippen LogP contribution in [0.4, 0.5) is 5.69 Å². The zero-order valence-corrected chi connectivity index (χ0v) is 13.9. The number of benzene rings is 1. The van der Waals surface area contributed by atoms with Gasteiger partial charge >= 0.3 is 0 Å². The van der Waals surface area contributed by atoms with E-state index in [1.165, 1.54) is 19.3 Å². The van der Waals surface area contributed by atoms with Crippen LogP contribution in [0.5, 0.6) is 5.75 Å². The van der Waals surface area contributed by atoms with Crippen molar-refractivity contribution in [2.75, 3.05) is 19.0 Å². The third-order valence-corrected chi connectivity index (χ3v) is 4.80. The molecule has 1 heterocycles. The summed E-state index contributed by atoms with van der Waals surface area (Å²) in [5.41, 5.74) is 1.06. The van der Waals surface area contributed by atoms with Crippen molar-refractivity contribution in [3.8, 4) is 5.75 Å². The normalized spacial score (nSPS) is 24.3. The summed E-state index contributed by atoms with van der Waals surface area (Å²) in [5, 5.41) is 3.56. The molecule has 0 amide bonds. The Bertz CT molecular complexity index is 508. The standard InChI is InChI=1S/C19H27NO3/c1-3-7-17(20-15-8-10-16(21-2)11-9-15)18-14-22-19(23-18)12-5-4-6-13-19/h3,8-11,17-18,20H,1,4-7,12-14H2,2H3/t17?,18-/m1/s1. The van der Waals surface area contributed by atoms with E-state index in [-0.39, 0.29) is 17.9 Å². The van der Waals surface area contributed by atoms with Crippen LogP contribution in [0.3, 0.4) is 0 Å². The summed E-state index contributed by atoms with van der Waals surface area (Å²) in [4.78, 5) is 0. The van der Waals surface area contributed by atoms with Gasteiger partial charge in [0.05, 0.1) is 19.8 Å². The molecule has 1 aromatic rings. The summed E-state index contributed by atoms with van der Waals surface area (Å²) in [6, 6.07) is 8.15. The lowest BCUT2D eigenvalue weighted by Gasteiger charge is -2.33. The minimum absolute atomic E-state index is 0.0631. The van der Waals surface area contributed by atoms with Gasteiger partial charge in [0.25, 0.3) is 0 Å². The molecule has 1 saturated carbocycles. The van der Waals surface area contributed by atoms with Crippen LogP contribution in [-0.4, -0.2) is 31.6 Å². The number of methoxy groups -OCH3 is 1. The highest BCUT2D eigenvalue weighted by atomic mass is 16.7. The Balaban J connectivity index is 1.65. The van der Waals surface area contributed by atoms with Gasteiger partial charge in [0.1, 0.15) is 11.9 Å². The Morgan fingerprint density at radius 2 is 2.04 bits per heavy atom. The van der Waals surface area contributed by atoms with E-state index < -0.39 is 0 Å². The maximum Gasteiger partial charge on any atom is 0.169 e. The van der Waals surface area contributed by atoms with E-state index in [0.717, 1.165) is 30.7 Å². The molecule has 1 aliphatic heterocycles. The molecule has 2 aliphatic rings. The molecule has 1 saturated heterocycles. The number of anilines is 1. The van der Waals surface area contributed by atoms with Gasteiger partial charge in [-0.2, -0.15) is 0 Å². The zero-order chi connectivity index (χ0) is 16.1. The first-order valence-corrected chi connectivity index (χ1v) is 8.58. The van der Waals surface area contributed by atoms with E-state index >= 15 is 0 Å². The number of nitrogens with one attached hydrogen (secondary N) is 1. The van der Waals surface area contributed by atoms with Gasteiger partial charge < -0.3 is 19.5 Å². The van der Waals surface area contributed by atoms with E-state index in [1.807, 2.05) is 30.3 Å². The van der Waals surface area contributed by atoms with Crippen molar-refractivity contribution < 1.29 is 14.2 Å². The summed E-state index contributed by atoms with van der Waals surface area (Å²) in [7, 11) is 1.68. The third-order valence-electron chi connectivity index (χ3n) is 4.80. The number of rotatable bonds is 6. The second-order valence-corrected chi connectivity index (χ2v) is 6.44. The summed E-state index contributed by atoms with van der Waals surface area (Å²) < 4.78 is 17.7. The van der Waals surface area contributed by atoms with Crippen LogP contribution in [0, 0.1) is 0 Å². The smallest absolute Gasteiger partial charge is 0.169 e. The maximum absolute atomic E-state index is 6.36. The molecular weight excluding hydrogens is 290 g/mol. The van der Waals surface area contributed by atoms with Gasteiger partial charge in [-0.3, -0.25) is 0 Å². The maximum atomic E-state index is 6.36. The lowest BCUT2D eigenvalue weighted by atomic mass is 9.94. The van der Waals surface area contributed by atoms with Crippen molar-refractivity contribution in [1.82, 2.24) is 0 Å². The molecular formula is C19H27NO3. The van der Waals surface area contributed by atoms with Crippen molar-refractivity contribution >= 4 is 5.69 Å².